The second-order valence-corrected chi connectivity index (χ2v) is 6.90. The first kappa shape index (κ1) is 18.1. The lowest BCUT2D eigenvalue weighted by atomic mass is 9.99. The van der Waals surface area contributed by atoms with Crippen LogP contribution < -0.4 is 4.74 Å². The van der Waals surface area contributed by atoms with Crippen LogP contribution in [-0.2, 0) is 6.61 Å². The molecule has 0 saturated heterocycles. The van der Waals surface area contributed by atoms with Crippen LogP contribution in [0, 0.1) is 6.92 Å². The summed E-state index contributed by atoms with van der Waals surface area (Å²) in [7, 11) is 0. The van der Waals surface area contributed by atoms with E-state index in [4.69, 9.17) is 16.3 Å². The number of H-pyrrole nitrogens is 1. The van der Waals surface area contributed by atoms with Crippen LogP contribution in [0.4, 0.5) is 0 Å². The molecule has 4 rings (SSSR count). The van der Waals surface area contributed by atoms with Crippen LogP contribution in [-0.4, -0.2) is 15.3 Å². The highest BCUT2D eigenvalue weighted by molar-refractivity contribution is 6.31. The first-order valence-electron chi connectivity index (χ1n) is 8.93. The van der Waals surface area contributed by atoms with E-state index in [9.17, 15) is 5.11 Å². The molecule has 5 heteroatoms. The number of hydrogen-bond acceptors (Lipinski definition) is 3. The monoisotopic (exact) mass is 390 g/mol. The molecule has 0 bridgehead atoms. The molecule has 0 unspecified atom stereocenters. The zero-order valence-corrected chi connectivity index (χ0v) is 16.1. The van der Waals surface area contributed by atoms with Gasteiger partial charge in [0.1, 0.15) is 23.8 Å². The third kappa shape index (κ3) is 3.59. The van der Waals surface area contributed by atoms with Crippen LogP contribution in [0.3, 0.4) is 0 Å². The van der Waals surface area contributed by atoms with Crippen LogP contribution in [0.5, 0.6) is 11.5 Å². The number of nitrogens with one attached hydrogen (secondary N) is 1. The number of aromatic amines is 1. The Hall–Kier alpha value is -3.24. The zero-order chi connectivity index (χ0) is 19.5. The van der Waals surface area contributed by atoms with E-state index in [1.54, 1.807) is 6.07 Å². The number of phenols is 1. The summed E-state index contributed by atoms with van der Waals surface area (Å²) in [6.07, 6.45) is 0. The van der Waals surface area contributed by atoms with Crippen molar-refractivity contribution in [3.05, 3.63) is 89.1 Å². The number of ether oxygens (including phenoxy) is 1. The van der Waals surface area contributed by atoms with Gasteiger partial charge in [0, 0.05) is 33.5 Å². The average Bonchev–Trinajstić information content (AvgIpc) is 3.09. The molecule has 140 valence electrons. The Kier molecular flexibility index (Phi) is 5.04. The molecule has 1 aromatic heterocycles. The van der Waals surface area contributed by atoms with Crippen molar-refractivity contribution < 1.29 is 9.84 Å². The van der Waals surface area contributed by atoms with Crippen molar-refractivity contribution in [1.82, 2.24) is 10.2 Å². The highest BCUT2D eigenvalue weighted by Crippen LogP contribution is 2.38. The quantitative estimate of drug-likeness (QED) is 0.440. The number of aryl methyl sites for hydroxylation is 1. The molecule has 4 aromatic rings. The van der Waals surface area contributed by atoms with Gasteiger partial charge in [-0.15, -0.1) is 0 Å². The van der Waals surface area contributed by atoms with Crippen LogP contribution in [0.15, 0.2) is 72.8 Å². The molecule has 0 radical (unpaired) electrons. The van der Waals surface area contributed by atoms with Crippen molar-refractivity contribution in [1.29, 1.82) is 0 Å². The van der Waals surface area contributed by atoms with Gasteiger partial charge in [0.05, 0.1) is 0 Å². The Morgan fingerprint density at radius 1 is 1.00 bits per heavy atom. The smallest absolute Gasteiger partial charge is 0.128 e. The van der Waals surface area contributed by atoms with E-state index in [2.05, 4.69) is 10.2 Å². The van der Waals surface area contributed by atoms with Crippen molar-refractivity contribution in [3.63, 3.8) is 0 Å². The molecule has 0 aliphatic rings. The standard InChI is InChI=1S/C23H19ClN2O2/c1-15-22(16-7-3-2-4-8-16)23(26-25-15)19-12-11-18(13-21(19)27)28-14-17-9-5-6-10-20(17)24/h2-13,27H,14H2,1H3,(H,25,26). The lowest BCUT2D eigenvalue weighted by Gasteiger charge is -2.10. The SMILES string of the molecule is Cc1[nH]nc(-c2ccc(OCc3ccccc3Cl)cc2O)c1-c1ccccc1. The van der Waals surface area contributed by atoms with E-state index in [0.29, 0.717) is 28.6 Å². The number of phenolic OH excluding ortho intramolecular Hbond substituents is 1. The van der Waals surface area contributed by atoms with Crippen LogP contribution in [0.1, 0.15) is 11.3 Å². The van der Waals surface area contributed by atoms with Gasteiger partial charge < -0.3 is 9.84 Å². The van der Waals surface area contributed by atoms with E-state index in [0.717, 1.165) is 22.4 Å². The predicted molar refractivity (Wildman–Crippen MR) is 112 cm³/mol. The maximum Gasteiger partial charge on any atom is 0.128 e. The number of aromatic nitrogens is 2. The fraction of sp³-hybridized carbons (Fsp3) is 0.0870. The van der Waals surface area contributed by atoms with E-state index in [1.165, 1.54) is 0 Å². The summed E-state index contributed by atoms with van der Waals surface area (Å²) in [4.78, 5) is 0. The highest BCUT2D eigenvalue weighted by atomic mass is 35.5. The number of hydrogen-bond donors (Lipinski definition) is 2. The highest BCUT2D eigenvalue weighted by Gasteiger charge is 2.17. The maximum atomic E-state index is 10.6. The van der Waals surface area contributed by atoms with Gasteiger partial charge in [-0.25, -0.2) is 0 Å². The van der Waals surface area contributed by atoms with Gasteiger partial charge in [-0.3, -0.25) is 5.10 Å². The minimum Gasteiger partial charge on any atom is -0.507 e. The number of rotatable bonds is 5. The van der Waals surface area contributed by atoms with Gasteiger partial charge in [-0.05, 0) is 30.7 Å². The summed E-state index contributed by atoms with van der Waals surface area (Å²) in [6.45, 7) is 2.30. The Morgan fingerprint density at radius 2 is 1.75 bits per heavy atom. The molecular formula is C23H19ClN2O2. The zero-order valence-electron chi connectivity index (χ0n) is 15.3. The lowest BCUT2D eigenvalue weighted by molar-refractivity contribution is 0.304. The molecule has 0 aliphatic carbocycles. The summed E-state index contributed by atoms with van der Waals surface area (Å²) in [5.74, 6) is 0.676. The second kappa shape index (κ2) is 7.79. The van der Waals surface area contributed by atoms with Crippen LogP contribution >= 0.6 is 11.6 Å². The van der Waals surface area contributed by atoms with Crippen molar-refractivity contribution in [2.45, 2.75) is 13.5 Å². The van der Waals surface area contributed by atoms with Gasteiger partial charge in [0.2, 0.25) is 0 Å². The number of nitrogens with zero attached hydrogens (tertiary/aromatic N) is 1. The predicted octanol–water partition coefficient (Wildman–Crippen LogP) is 5.99. The molecule has 2 N–H and O–H groups in total. The molecule has 0 saturated carbocycles. The molecular weight excluding hydrogens is 372 g/mol. The number of halogens is 1. The first-order valence-corrected chi connectivity index (χ1v) is 9.31. The molecule has 0 atom stereocenters. The fourth-order valence-corrected chi connectivity index (χ4v) is 3.35. The molecule has 0 aliphatic heterocycles. The average molecular weight is 391 g/mol. The summed E-state index contributed by atoms with van der Waals surface area (Å²) in [6, 6.07) is 22.8. The molecule has 1 heterocycles. The van der Waals surface area contributed by atoms with Crippen LogP contribution in [0.25, 0.3) is 22.4 Å². The summed E-state index contributed by atoms with van der Waals surface area (Å²) < 4.78 is 5.79. The topological polar surface area (TPSA) is 58.1 Å². The van der Waals surface area contributed by atoms with E-state index in [1.807, 2.05) is 73.7 Å². The Morgan fingerprint density at radius 3 is 2.50 bits per heavy atom. The van der Waals surface area contributed by atoms with E-state index >= 15 is 0 Å². The van der Waals surface area contributed by atoms with Crippen molar-refractivity contribution in [2.24, 2.45) is 0 Å². The van der Waals surface area contributed by atoms with Gasteiger partial charge >= 0.3 is 0 Å². The van der Waals surface area contributed by atoms with Crippen molar-refractivity contribution in [2.75, 3.05) is 0 Å². The lowest BCUT2D eigenvalue weighted by Crippen LogP contribution is -1.96. The molecule has 28 heavy (non-hydrogen) atoms. The first-order chi connectivity index (χ1) is 13.6. The molecule has 0 amide bonds. The van der Waals surface area contributed by atoms with Gasteiger partial charge in [0.15, 0.2) is 0 Å². The minimum atomic E-state index is 0.111. The van der Waals surface area contributed by atoms with E-state index in [-0.39, 0.29) is 5.75 Å². The summed E-state index contributed by atoms with van der Waals surface area (Å²) in [5.41, 5.74) is 5.21. The number of aromatic hydroxyl groups is 1. The molecule has 4 nitrogen and oxygen atoms in total. The van der Waals surface area contributed by atoms with Crippen LogP contribution in [0.2, 0.25) is 5.02 Å². The molecule has 0 fully saturated rings. The summed E-state index contributed by atoms with van der Waals surface area (Å²) >= 11 is 6.16. The summed E-state index contributed by atoms with van der Waals surface area (Å²) in [5, 5.41) is 18.7. The Balaban J connectivity index is 1.62. The fourth-order valence-electron chi connectivity index (χ4n) is 3.16. The van der Waals surface area contributed by atoms with Gasteiger partial charge in [-0.2, -0.15) is 5.10 Å². The molecule has 0 spiro atoms. The second-order valence-electron chi connectivity index (χ2n) is 6.50. The van der Waals surface area contributed by atoms with Gasteiger partial charge in [-0.1, -0.05) is 60.1 Å². The number of benzene rings is 3. The maximum absolute atomic E-state index is 10.6. The normalized spacial score (nSPS) is 10.8. The Labute approximate surface area is 168 Å². The minimum absolute atomic E-state index is 0.111. The molecule has 3 aromatic carbocycles. The van der Waals surface area contributed by atoms with Crippen molar-refractivity contribution in [3.8, 4) is 33.9 Å². The van der Waals surface area contributed by atoms with Gasteiger partial charge in [0.25, 0.3) is 0 Å². The Bertz CT molecular complexity index is 1110. The van der Waals surface area contributed by atoms with E-state index < -0.39 is 0 Å². The largest absolute Gasteiger partial charge is 0.507 e. The third-order valence-electron chi connectivity index (χ3n) is 4.59. The van der Waals surface area contributed by atoms with Crippen molar-refractivity contribution >= 4 is 11.6 Å². The third-order valence-corrected chi connectivity index (χ3v) is 4.95.